The van der Waals surface area contributed by atoms with E-state index in [1.165, 1.54) is 67.7 Å². The van der Waals surface area contributed by atoms with E-state index in [2.05, 4.69) is 56.3 Å². The van der Waals surface area contributed by atoms with E-state index in [0.29, 0.717) is 5.92 Å². The summed E-state index contributed by atoms with van der Waals surface area (Å²) in [4.78, 5) is 0. The van der Waals surface area contributed by atoms with E-state index in [-0.39, 0.29) is 0 Å². The Bertz CT molecular complexity index is 521. The zero-order valence-corrected chi connectivity index (χ0v) is 13.5. The molecule has 0 amide bonds. The molecule has 0 saturated carbocycles. The molecular weight excluding hydrogens is 252 g/mol. The highest BCUT2D eigenvalue weighted by atomic mass is 14.1. The minimum atomic E-state index is 0.423. The summed E-state index contributed by atoms with van der Waals surface area (Å²) in [5, 5.41) is 2.71. The molecule has 0 heterocycles. The van der Waals surface area contributed by atoms with Gasteiger partial charge in [0.15, 0.2) is 0 Å². The summed E-state index contributed by atoms with van der Waals surface area (Å²) in [7, 11) is 0. The van der Waals surface area contributed by atoms with Crippen LogP contribution in [-0.2, 0) is 0 Å². The lowest BCUT2D eigenvalue weighted by Gasteiger charge is -2.14. The van der Waals surface area contributed by atoms with Gasteiger partial charge in [-0.2, -0.15) is 0 Å². The van der Waals surface area contributed by atoms with E-state index in [9.17, 15) is 0 Å². The maximum atomic E-state index is 4.41. The van der Waals surface area contributed by atoms with Crippen molar-refractivity contribution in [2.24, 2.45) is 0 Å². The van der Waals surface area contributed by atoms with Gasteiger partial charge in [0, 0.05) is 0 Å². The van der Waals surface area contributed by atoms with Crippen LogP contribution < -0.4 is 0 Å². The number of rotatable bonds is 9. The van der Waals surface area contributed by atoms with Crippen LogP contribution in [0.4, 0.5) is 0 Å². The average Bonchev–Trinajstić information content (AvgIpc) is 2.53. The lowest BCUT2D eigenvalue weighted by molar-refractivity contribution is 0.562. The van der Waals surface area contributed by atoms with Crippen molar-refractivity contribution in [2.75, 3.05) is 0 Å². The number of benzene rings is 2. The summed E-state index contributed by atoms with van der Waals surface area (Å²) in [6, 6.07) is 15.3. The molecule has 1 unspecified atom stereocenters. The van der Waals surface area contributed by atoms with Crippen molar-refractivity contribution in [2.45, 2.75) is 64.2 Å². The van der Waals surface area contributed by atoms with Crippen LogP contribution in [0, 0.1) is 6.92 Å². The molecule has 113 valence electrons. The van der Waals surface area contributed by atoms with Gasteiger partial charge in [-0.15, -0.1) is 0 Å². The number of hydrogen-bond donors (Lipinski definition) is 0. The standard InChI is InChI=1S/C21H29/c1-3-4-5-6-7-8-9-13-18(2)20-17-12-15-19-14-10-11-16-21(19)20/h10-12,14-18H,2-9,13H2,1H3. The normalized spacial score (nSPS) is 12.7. The van der Waals surface area contributed by atoms with Crippen molar-refractivity contribution in [3.8, 4) is 0 Å². The summed E-state index contributed by atoms with van der Waals surface area (Å²) in [6.45, 7) is 6.68. The fourth-order valence-electron chi connectivity index (χ4n) is 3.11. The second-order valence-corrected chi connectivity index (χ2v) is 6.18. The van der Waals surface area contributed by atoms with Gasteiger partial charge in [0.2, 0.25) is 0 Å². The third kappa shape index (κ3) is 4.88. The maximum absolute atomic E-state index is 4.41. The first-order chi connectivity index (χ1) is 10.3. The van der Waals surface area contributed by atoms with Crippen LogP contribution in [0.2, 0.25) is 0 Å². The second-order valence-electron chi connectivity index (χ2n) is 6.18. The van der Waals surface area contributed by atoms with Gasteiger partial charge in [-0.25, -0.2) is 0 Å². The Morgan fingerprint density at radius 3 is 2.29 bits per heavy atom. The Morgan fingerprint density at radius 1 is 0.810 bits per heavy atom. The van der Waals surface area contributed by atoms with Crippen LogP contribution in [0.1, 0.15) is 69.8 Å². The molecule has 0 fully saturated rings. The predicted molar refractivity (Wildman–Crippen MR) is 94.7 cm³/mol. The molecule has 0 aliphatic rings. The van der Waals surface area contributed by atoms with Crippen molar-refractivity contribution in [1.29, 1.82) is 0 Å². The monoisotopic (exact) mass is 281 g/mol. The van der Waals surface area contributed by atoms with Crippen LogP contribution in [-0.4, -0.2) is 0 Å². The van der Waals surface area contributed by atoms with E-state index in [1.807, 2.05) is 0 Å². The zero-order valence-electron chi connectivity index (χ0n) is 13.5. The second kappa shape index (κ2) is 8.87. The van der Waals surface area contributed by atoms with Crippen molar-refractivity contribution in [3.05, 3.63) is 55.0 Å². The van der Waals surface area contributed by atoms with Gasteiger partial charge in [0.25, 0.3) is 0 Å². The molecule has 1 radical (unpaired) electrons. The summed E-state index contributed by atoms with van der Waals surface area (Å²) in [6.07, 6.45) is 10.8. The Hall–Kier alpha value is -1.30. The Balaban J connectivity index is 1.81. The number of unbranched alkanes of at least 4 members (excludes halogenated alkanes) is 6. The third-order valence-electron chi connectivity index (χ3n) is 4.42. The minimum absolute atomic E-state index is 0.423. The molecule has 0 aliphatic heterocycles. The number of hydrogen-bond acceptors (Lipinski definition) is 0. The molecule has 21 heavy (non-hydrogen) atoms. The largest absolute Gasteiger partial charge is 0.0654 e. The predicted octanol–water partition coefficient (Wildman–Crippen LogP) is 6.90. The highest BCUT2D eigenvalue weighted by Crippen LogP contribution is 2.28. The molecule has 2 rings (SSSR count). The van der Waals surface area contributed by atoms with Gasteiger partial charge < -0.3 is 0 Å². The summed E-state index contributed by atoms with van der Waals surface area (Å²) < 4.78 is 0. The molecular formula is C21H29. The molecule has 0 heteroatoms. The maximum Gasteiger partial charge on any atom is -0.0149 e. The van der Waals surface area contributed by atoms with E-state index >= 15 is 0 Å². The fraction of sp³-hybridized carbons (Fsp3) is 0.476. The zero-order chi connectivity index (χ0) is 14.9. The van der Waals surface area contributed by atoms with Crippen LogP contribution in [0.3, 0.4) is 0 Å². The molecule has 0 aliphatic carbocycles. The molecule has 0 N–H and O–H groups in total. The summed E-state index contributed by atoms with van der Waals surface area (Å²) in [5.41, 5.74) is 1.42. The Morgan fingerprint density at radius 2 is 1.48 bits per heavy atom. The highest BCUT2D eigenvalue weighted by Gasteiger charge is 2.08. The summed E-state index contributed by atoms with van der Waals surface area (Å²) in [5.74, 6) is 0.423. The first-order valence-electron chi connectivity index (χ1n) is 8.63. The Kier molecular flexibility index (Phi) is 6.79. The number of fused-ring (bicyclic) bond motifs is 1. The van der Waals surface area contributed by atoms with Gasteiger partial charge in [-0.05, 0) is 35.6 Å². The molecule has 1 atom stereocenters. The van der Waals surface area contributed by atoms with Crippen LogP contribution >= 0.6 is 0 Å². The topological polar surface area (TPSA) is 0 Å². The quantitative estimate of drug-likeness (QED) is 0.439. The summed E-state index contributed by atoms with van der Waals surface area (Å²) >= 11 is 0. The van der Waals surface area contributed by atoms with Gasteiger partial charge in [0.1, 0.15) is 0 Å². The third-order valence-corrected chi connectivity index (χ3v) is 4.42. The van der Waals surface area contributed by atoms with Crippen molar-refractivity contribution >= 4 is 10.8 Å². The lowest BCUT2D eigenvalue weighted by Crippen LogP contribution is -1.95. The molecule has 0 saturated heterocycles. The first-order valence-corrected chi connectivity index (χ1v) is 8.63. The van der Waals surface area contributed by atoms with E-state index < -0.39 is 0 Å². The van der Waals surface area contributed by atoms with E-state index in [1.54, 1.807) is 0 Å². The smallest absolute Gasteiger partial charge is 0.0149 e. The molecule has 2 aromatic carbocycles. The lowest BCUT2D eigenvalue weighted by atomic mass is 9.90. The minimum Gasteiger partial charge on any atom is -0.0654 e. The fourth-order valence-corrected chi connectivity index (χ4v) is 3.11. The van der Waals surface area contributed by atoms with E-state index in [4.69, 9.17) is 0 Å². The molecule has 0 bridgehead atoms. The van der Waals surface area contributed by atoms with E-state index in [0.717, 1.165) is 0 Å². The van der Waals surface area contributed by atoms with Gasteiger partial charge in [-0.1, -0.05) is 94.3 Å². The van der Waals surface area contributed by atoms with Crippen molar-refractivity contribution < 1.29 is 0 Å². The Labute approximate surface area is 130 Å². The SMILES string of the molecule is [CH2]C(CCCCCCCCC)c1cccc2ccccc12. The highest BCUT2D eigenvalue weighted by molar-refractivity contribution is 5.86. The van der Waals surface area contributed by atoms with Crippen LogP contribution in [0.5, 0.6) is 0 Å². The van der Waals surface area contributed by atoms with Crippen LogP contribution in [0.25, 0.3) is 10.8 Å². The average molecular weight is 281 g/mol. The molecule has 2 aromatic rings. The van der Waals surface area contributed by atoms with Crippen molar-refractivity contribution in [3.63, 3.8) is 0 Å². The van der Waals surface area contributed by atoms with Crippen molar-refractivity contribution in [1.82, 2.24) is 0 Å². The molecule has 0 aromatic heterocycles. The molecule has 0 nitrogen and oxygen atoms in total. The van der Waals surface area contributed by atoms with Gasteiger partial charge in [0.05, 0.1) is 0 Å². The first kappa shape index (κ1) is 16.1. The van der Waals surface area contributed by atoms with Gasteiger partial charge in [-0.3, -0.25) is 0 Å². The van der Waals surface area contributed by atoms with Gasteiger partial charge >= 0.3 is 0 Å². The van der Waals surface area contributed by atoms with Crippen LogP contribution in [0.15, 0.2) is 42.5 Å². The molecule has 0 spiro atoms.